The van der Waals surface area contributed by atoms with Crippen molar-refractivity contribution >= 4 is 17.7 Å². The maximum absolute atomic E-state index is 12.6. The fourth-order valence-electron chi connectivity index (χ4n) is 4.36. The summed E-state index contributed by atoms with van der Waals surface area (Å²) in [6.07, 6.45) is 4.27. The van der Waals surface area contributed by atoms with Crippen LogP contribution in [-0.4, -0.2) is 31.0 Å². The van der Waals surface area contributed by atoms with Crippen molar-refractivity contribution in [3.8, 4) is 5.75 Å². The monoisotopic (exact) mass is 392 g/mol. The van der Waals surface area contributed by atoms with Gasteiger partial charge in [-0.05, 0) is 55.3 Å². The highest BCUT2D eigenvalue weighted by Gasteiger charge is 2.32. The summed E-state index contributed by atoms with van der Waals surface area (Å²) in [5.74, 6) is 0.654. The maximum atomic E-state index is 12.6. The van der Waals surface area contributed by atoms with Gasteiger partial charge < -0.3 is 15.0 Å². The van der Waals surface area contributed by atoms with E-state index in [1.54, 1.807) is 12.2 Å². The normalized spacial score (nSPS) is 15.9. The average Bonchev–Trinajstić information content (AvgIpc) is 2.66. The second-order valence-corrected chi connectivity index (χ2v) is 8.32. The number of likely N-dealkylation sites (N-methyl/N-ethyl adjacent to an activating group) is 1. The Bertz CT molecular complexity index is 915. The zero-order valence-electron chi connectivity index (χ0n) is 18.2. The van der Waals surface area contributed by atoms with Crippen molar-refractivity contribution in [2.24, 2.45) is 0 Å². The molecular weight excluding hydrogens is 360 g/mol. The number of para-hydroxylation sites is 1. The highest BCUT2D eigenvalue weighted by Crippen LogP contribution is 2.37. The molecule has 0 saturated heterocycles. The number of hydrogen-bond acceptors (Lipinski definition) is 3. The summed E-state index contributed by atoms with van der Waals surface area (Å²) >= 11 is 0. The topological polar surface area (TPSA) is 41.6 Å². The van der Waals surface area contributed by atoms with Crippen LogP contribution in [0, 0.1) is 0 Å². The lowest BCUT2D eigenvalue weighted by atomic mass is 9.76. The molecule has 1 aliphatic heterocycles. The first kappa shape index (κ1) is 21.1. The molecule has 1 N–H and O–H groups in total. The summed E-state index contributed by atoms with van der Waals surface area (Å²) in [5, 5.41) is 3.09. The molecule has 29 heavy (non-hydrogen) atoms. The number of nitrogens with one attached hydrogen (secondary N) is 1. The van der Waals surface area contributed by atoms with Crippen LogP contribution in [0.25, 0.3) is 6.08 Å². The van der Waals surface area contributed by atoms with Crippen molar-refractivity contribution in [3.05, 3.63) is 64.7 Å². The van der Waals surface area contributed by atoms with Gasteiger partial charge >= 0.3 is 0 Å². The molecule has 0 unspecified atom stereocenters. The molecule has 2 aromatic carbocycles. The SMILES string of the molecule is CCOc1ccccc1/C=C/C(=O)Nc1ccc2c(c1CC)CN(C)CC2(C)C. The van der Waals surface area contributed by atoms with Crippen LogP contribution in [0.2, 0.25) is 0 Å². The molecule has 2 aromatic rings. The number of hydrogen-bond donors (Lipinski definition) is 1. The van der Waals surface area contributed by atoms with Gasteiger partial charge in [0, 0.05) is 35.8 Å². The number of carbonyl (C=O) groups excluding carboxylic acids is 1. The van der Waals surface area contributed by atoms with Gasteiger partial charge in [0.15, 0.2) is 0 Å². The Balaban J connectivity index is 1.84. The van der Waals surface area contributed by atoms with Crippen molar-refractivity contribution in [1.82, 2.24) is 4.90 Å². The average molecular weight is 393 g/mol. The largest absolute Gasteiger partial charge is 0.493 e. The number of nitrogens with zero attached hydrogens (tertiary/aromatic N) is 1. The number of amides is 1. The Hall–Kier alpha value is -2.59. The van der Waals surface area contributed by atoms with E-state index in [9.17, 15) is 4.79 Å². The minimum atomic E-state index is -0.130. The lowest BCUT2D eigenvalue weighted by Crippen LogP contribution is -2.40. The van der Waals surface area contributed by atoms with Gasteiger partial charge in [-0.25, -0.2) is 0 Å². The van der Waals surface area contributed by atoms with E-state index in [0.29, 0.717) is 6.61 Å². The molecule has 0 bridgehead atoms. The summed E-state index contributed by atoms with van der Waals surface area (Å²) in [5.41, 5.74) is 5.90. The van der Waals surface area contributed by atoms with Crippen molar-refractivity contribution in [1.29, 1.82) is 0 Å². The second kappa shape index (κ2) is 8.83. The van der Waals surface area contributed by atoms with Crippen LogP contribution in [0.15, 0.2) is 42.5 Å². The van der Waals surface area contributed by atoms with E-state index in [1.165, 1.54) is 16.7 Å². The van der Waals surface area contributed by atoms with E-state index in [2.05, 4.69) is 50.2 Å². The molecule has 0 aliphatic carbocycles. The molecule has 0 atom stereocenters. The minimum Gasteiger partial charge on any atom is -0.493 e. The van der Waals surface area contributed by atoms with Crippen molar-refractivity contribution in [3.63, 3.8) is 0 Å². The second-order valence-electron chi connectivity index (χ2n) is 8.32. The van der Waals surface area contributed by atoms with Gasteiger partial charge in [-0.3, -0.25) is 4.79 Å². The third-order valence-electron chi connectivity index (χ3n) is 5.50. The number of ether oxygens (including phenoxy) is 1. The number of carbonyl (C=O) groups is 1. The summed E-state index contributed by atoms with van der Waals surface area (Å²) in [6, 6.07) is 12.0. The van der Waals surface area contributed by atoms with E-state index in [-0.39, 0.29) is 11.3 Å². The third-order valence-corrected chi connectivity index (χ3v) is 5.50. The molecule has 1 heterocycles. The van der Waals surface area contributed by atoms with E-state index in [0.717, 1.165) is 36.5 Å². The maximum Gasteiger partial charge on any atom is 0.248 e. The number of benzene rings is 2. The van der Waals surface area contributed by atoms with Crippen LogP contribution in [0.3, 0.4) is 0 Å². The molecule has 0 spiro atoms. The Kier molecular flexibility index (Phi) is 6.43. The van der Waals surface area contributed by atoms with E-state index in [1.807, 2.05) is 31.2 Å². The summed E-state index contributed by atoms with van der Waals surface area (Å²) in [4.78, 5) is 15.0. The van der Waals surface area contributed by atoms with Crippen LogP contribution in [0.5, 0.6) is 5.75 Å². The first-order valence-electron chi connectivity index (χ1n) is 10.4. The van der Waals surface area contributed by atoms with Crippen molar-refractivity contribution < 1.29 is 9.53 Å². The molecule has 4 heteroatoms. The van der Waals surface area contributed by atoms with Crippen molar-refractivity contribution in [2.45, 2.75) is 46.1 Å². The first-order chi connectivity index (χ1) is 13.9. The van der Waals surface area contributed by atoms with Gasteiger partial charge in [0.25, 0.3) is 0 Å². The van der Waals surface area contributed by atoms with Crippen LogP contribution in [-0.2, 0) is 23.2 Å². The lowest BCUT2D eigenvalue weighted by molar-refractivity contribution is -0.111. The Labute approximate surface area is 174 Å². The van der Waals surface area contributed by atoms with Crippen molar-refractivity contribution in [2.75, 3.05) is 25.5 Å². The molecule has 1 amide bonds. The quantitative estimate of drug-likeness (QED) is 0.702. The molecule has 154 valence electrons. The number of rotatable bonds is 6. The number of fused-ring (bicyclic) bond motifs is 1. The van der Waals surface area contributed by atoms with Gasteiger partial charge in [-0.15, -0.1) is 0 Å². The molecule has 0 saturated carbocycles. The zero-order valence-corrected chi connectivity index (χ0v) is 18.2. The van der Waals surface area contributed by atoms with E-state index in [4.69, 9.17) is 4.74 Å². The smallest absolute Gasteiger partial charge is 0.248 e. The van der Waals surface area contributed by atoms with Crippen LogP contribution >= 0.6 is 0 Å². The fraction of sp³-hybridized carbons (Fsp3) is 0.400. The third kappa shape index (κ3) is 4.70. The van der Waals surface area contributed by atoms with Crippen LogP contribution < -0.4 is 10.1 Å². The highest BCUT2D eigenvalue weighted by atomic mass is 16.5. The van der Waals surface area contributed by atoms with Crippen LogP contribution in [0.4, 0.5) is 5.69 Å². The minimum absolute atomic E-state index is 0.109. The van der Waals surface area contributed by atoms with Gasteiger partial charge in [-0.2, -0.15) is 0 Å². The number of anilines is 1. The Morgan fingerprint density at radius 2 is 1.97 bits per heavy atom. The molecule has 0 aromatic heterocycles. The Morgan fingerprint density at radius 1 is 1.21 bits per heavy atom. The van der Waals surface area contributed by atoms with Gasteiger partial charge in [0.2, 0.25) is 5.91 Å². The molecule has 0 fully saturated rings. The predicted octanol–water partition coefficient (Wildman–Crippen LogP) is 5.02. The Morgan fingerprint density at radius 3 is 2.69 bits per heavy atom. The molecule has 0 radical (unpaired) electrons. The zero-order chi connectivity index (χ0) is 21.0. The first-order valence-corrected chi connectivity index (χ1v) is 10.4. The van der Waals surface area contributed by atoms with Crippen LogP contribution in [0.1, 0.15) is 49.9 Å². The van der Waals surface area contributed by atoms with E-state index < -0.39 is 0 Å². The molecule has 4 nitrogen and oxygen atoms in total. The summed E-state index contributed by atoms with van der Waals surface area (Å²) in [6.45, 7) is 11.2. The van der Waals surface area contributed by atoms with Gasteiger partial charge in [-0.1, -0.05) is 45.0 Å². The standard InChI is InChI=1S/C25H32N2O2/c1-6-19-20-16-27(5)17-25(3,4)21(20)13-14-22(19)26-24(28)15-12-18-10-8-9-11-23(18)29-7-2/h8-15H,6-7,16-17H2,1-5H3,(H,26,28)/b15-12+. The lowest BCUT2D eigenvalue weighted by Gasteiger charge is -2.39. The molecule has 3 rings (SSSR count). The molecule has 1 aliphatic rings. The van der Waals surface area contributed by atoms with Gasteiger partial charge in [0.05, 0.1) is 6.61 Å². The highest BCUT2D eigenvalue weighted by molar-refractivity contribution is 6.02. The van der Waals surface area contributed by atoms with Gasteiger partial charge in [0.1, 0.15) is 5.75 Å². The van der Waals surface area contributed by atoms with E-state index >= 15 is 0 Å². The molecular formula is C25H32N2O2. The predicted molar refractivity (Wildman–Crippen MR) is 120 cm³/mol. The summed E-state index contributed by atoms with van der Waals surface area (Å²) < 4.78 is 5.63. The summed E-state index contributed by atoms with van der Waals surface area (Å²) in [7, 11) is 2.16. The fourth-order valence-corrected chi connectivity index (χ4v) is 4.36.